The van der Waals surface area contributed by atoms with Crippen LogP contribution in [0.2, 0.25) is 0 Å². The van der Waals surface area contributed by atoms with Gasteiger partial charge in [-0.2, -0.15) is 5.26 Å². The fourth-order valence-corrected chi connectivity index (χ4v) is 6.00. The molecule has 1 saturated heterocycles. The molecule has 4 N–H and O–H groups in total. The first-order valence-corrected chi connectivity index (χ1v) is 15.8. The molecule has 0 aromatic heterocycles. The molecule has 244 valence electrons. The van der Waals surface area contributed by atoms with E-state index in [2.05, 4.69) is 22.0 Å². The molecule has 4 amide bonds. The molecule has 3 aromatic rings. The van der Waals surface area contributed by atoms with E-state index in [1.54, 1.807) is 43.0 Å². The van der Waals surface area contributed by atoms with Crippen molar-refractivity contribution in [1.29, 1.82) is 5.26 Å². The van der Waals surface area contributed by atoms with E-state index in [1.807, 2.05) is 30.3 Å². The van der Waals surface area contributed by atoms with Gasteiger partial charge in [0.25, 0.3) is 5.91 Å². The van der Waals surface area contributed by atoms with E-state index in [0.717, 1.165) is 11.1 Å². The molecule has 11 heteroatoms. The summed E-state index contributed by atoms with van der Waals surface area (Å²) in [6.45, 7) is 5.69. The van der Waals surface area contributed by atoms with E-state index in [0.29, 0.717) is 37.4 Å². The Morgan fingerprint density at radius 3 is 2.23 bits per heavy atom. The van der Waals surface area contributed by atoms with Crippen LogP contribution in [0.3, 0.4) is 0 Å². The van der Waals surface area contributed by atoms with Crippen molar-refractivity contribution in [2.45, 2.75) is 63.6 Å². The summed E-state index contributed by atoms with van der Waals surface area (Å²) in [4.78, 5) is 55.6. The number of aromatic hydroxyl groups is 1. The average Bonchev–Trinajstić information content (AvgIpc) is 3.07. The third kappa shape index (κ3) is 7.38. The number of benzene rings is 3. The van der Waals surface area contributed by atoms with Gasteiger partial charge in [0.15, 0.2) is 0 Å². The second-order valence-electron chi connectivity index (χ2n) is 12.5. The van der Waals surface area contributed by atoms with Crippen LogP contribution in [0.1, 0.15) is 55.1 Å². The molecule has 47 heavy (non-hydrogen) atoms. The quantitative estimate of drug-likeness (QED) is 0.320. The largest absolute Gasteiger partial charge is 0.507 e. The summed E-state index contributed by atoms with van der Waals surface area (Å²) in [6.07, 6.45) is 1.09. The zero-order valence-corrected chi connectivity index (χ0v) is 26.7. The van der Waals surface area contributed by atoms with E-state index in [4.69, 9.17) is 4.74 Å². The van der Waals surface area contributed by atoms with Gasteiger partial charge in [-0.05, 0) is 67.1 Å². The van der Waals surface area contributed by atoms with E-state index < -0.39 is 41.3 Å². The molecule has 0 radical (unpaired) electrons. The van der Waals surface area contributed by atoms with E-state index in [1.165, 1.54) is 25.1 Å². The maximum absolute atomic E-state index is 14.0. The number of nitriles is 1. The number of carbonyl (C=O) groups is 4. The van der Waals surface area contributed by atoms with E-state index >= 15 is 0 Å². The van der Waals surface area contributed by atoms with Crippen LogP contribution in [0.25, 0.3) is 0 Å². The normalized spacial score (nSPS) is 21.7. The van der Waals surface area contributed by atoms with Crippen LogP contribution in [-0.2, 0) is 26.2 Å². The number of ether oxygens (including phenoxy) is 1. The van der Waals surface area contributed by atoms with Crippen LogP contribution in [0.4, 0.5) is 0 Å². The Bertz CT molecular complexity index is 1680. The van der Waals surface area contributed by atoms with Gasteiger partial charge in [0, 0.05) is 19.5 Å². The van der Waals surface area contributed by atoms with Crippen LogP contribution in [0.5, 0.6) is 17.2 Å². The number of nitrogens with one attached hydrogen (secondary N) is 3. The molecule has 0 saturated carbocycles. The molecule has 3 atom stereocenters. The van der Waals surface area contributed by atoms with Gasteiger partial charge in [0.05, 0.1) is 17.0 Å². The number of amides is 4. The highest BCUT2D eigenvalue weighted by Gasteiger charge is 2.39. The molecule has 0 aliphatic carbocycles. The molecule has 6 rings (SSSR count). The molecule has 3 aliphatic heterocycles. The standard InChI is InChI=1S/C36H39N5O6/c1-22(2)31-34(45)38-23(3)32(43)39-29(35(46)41-17-15-36(21-37,16-18-41)25-7-5-4-6-8-25)19-24-9-11-26(12-10-24)47-27-13-14-30(42)28(20-27)33(44)40-31/h4-14,20,22-23,29,31,42H,15-19H2,1-3H3,(H,38,45)(H,39,43)(H,40,44)/t23-,29-,31-/m0/s1. The summed E-state index contributed by atoms with van der Waals surface area (Å²) in [5, 5.41) is 28.7. The lowest BCUT2D eigenvalue weighted by Crippen LogP contribution is -2.58. The molecular formula is C36H39N5O6. The minimum atomic E-state index is -1.03. The molecule has 1 fully saturated rings. The highest BCUT2D eigenvalue weighted by Crippen LogP contribution is 2.35. The Morgan fingerprint density at radius 2 is 1.60 bits per heavy atom. The number of rotatable bonds is 3. The number of carbonyl (C=O) groups excluding carboxylic acids is 4. The number of phenols is 1. The maximum Gasteiger partial charge on any atom is 0.255 e. The van der Waals surface area contributed by atoms with E-state index in [-0.39, 0.29) is 29.6 Å². The minimum Gasteiger partial charge on any atom is -0.507 e. The lowest BCUT2D eigenvalue weighted by Gasteiger charge is -2.39. The van der Waals surface area contributed by atoms with Gasteiger partial charge in [0.1, 0.15) is 35.4 Å². The molecular weight excluding hydrogens is 598 g/mol. The Balaban J connectivity index is 1.42. The second-order valence-corrected chi connectivity index (χ2v) is 12.5. The van der Waals surface area contributed by atoms with Crippen molar-refractivity contribution in [3.63, 3.8) is 0 Å². The molecule has 3 aromatic carbocycles. The highest BCUT2D eigenvalue weighted by molar-refractivity contribution is 6.00. The summed E-state index contributed by atoms with van der Waals surface area (Å²) >= 11 is 0. The smallest absolute Gasteiger partial charge is 0.255 e. The lowest BCUT2D eigenvalue weighted by atomic mass is 9.74. The summed E-state index contributed by atoms with van der Waals surface area (Å²) in [6, 6.07) is 20.3. The van der Waals surface area contributed by atoms with Crippen molar-refractivity contribution in [2.24, 2.45) is 5.92 Å². The Morgan fingerprint density at radius 1 is 0.936 bits per heavy atom. The predicted molar refractivity (Wildman–Crippen MR) is 174 cm³/mol. The summed E-state index contributed by atoms with van der Waals surface area (Å²) in [5.41, 5.74) is 0.908. The minimum absolute atomic E-state index is 0.0701. The van der Waals surface area contributed by atoms with Crippen LogP contribution in [0.15, 0.2) is 72.8 Å². The number of hydrogen-bond acceptors (Lipinski definition) is 7. The fraction of sp³-hybridized carbons (Fsp3) is 0.361. The summed E-state index contributed by atoms with van der Waals surface area (Å²) in [7, 11) is 0. The number of fused-ring (bicyclic) bond motifs is 11. The SMILES string of the molecule is CC(C)[C@@H]1NC(=O)c2cc(ccc2O)Oc2ccc(cc2)C[C@@H](C(=O)N2CCC(C#N)(c3ccccc3)CC2)NC(=O)[C@H](C)NC1=O. The third-order valence-electron chi connectivity index (χ3n) is 8.88. The first-order valence-electron chi connectivity index (χ1n) is 15.8. The summed E-state index contributed by atoms with van der Waals surface area (Å²) in [5.74, 6) is -2.00. The van der Waals surface area contributed by atoms with Crippen LogP contribution < -0.4 is 20.7 Å². The predicted octanol–water partition coefficient (Wildman–Crippen LogP) is 3.57. The Kier molecular flexibility index (Phi) is 9.80. The number of nitrogens with zero attached hydrogens (tertiary/aromatic N) is 2. The van der Waals surface area contributed by atoms with Crippen LogP contribution in [-0.4, -0.2) is 64.9 Å². The van der Waals surface area contributed by atoms with Crippen molar-refractivity contribution in [3.8, 4) is 23.3 Å². The second kappa shape index (κ2) is 14.0. The van der Waals surface area contributed by atoms with Crippen molar-refractivity contribution in [1.82, 2.24) is 20.9 Å². The first kappa shape index (κ1) is 33.0. The first-order chi connectivity index (χ1) is 22.5. The number of hydrogen-bond donors (Lipinski definition) is 4. The zero-order chi connectivity index (χ0) is 33.7. The van der Waals surface area contributed by atoms with Crippen molar-refractivity contribution >= 4 is 23.6 Å². The average molecular weight is 638 g/mol. The molecule has 11 nitrogen and oxygen atoms in total. The summed E-state index contributed by atoms with van der Waals surface area (Å²) < 4.78 is 5.94. The topological polar surface area (TPSA) is 161 Å². The van der Waals surface area contributed by atoms with Gasteiger partial charge in [-0.25, -0.2) is 0 Å². The molecule has 4 bridgehead atoms. The Hall–Kier alpha value is -5.37. The highest BCUT2D eigenvalue weighted by atomic mass is 16.5. The zero-order valence-electron chi connectivity index (χ0n) is 26.7. The van der Waals surface area contributed by atoms with Gasteiger partial charge < -0.3 is 30.7 Å². The number of phenolic OH excluding ortho intramolecular Hbond substituents is 1. The molecule has 0 unspecified atom stereocenters. The monoisotopic (exact) mass is 637 g/mol. The van der Waals surface area contributed by atoms with Crippen molar-refractivity contribution < 1.29 is 29.0 Å². The van der Waals surface area contributed by atoms with Crippen molar-refractivity contribution in [2.75, 3.05) is 13.1 Å². The lowest BCUT2D eigenvalue weighted by molar-refractivity contribution is -0.138. The van der Waals surface area contributed by atoms with Crippen LogP contribution >= 0.6 is 0 Å². The molecule has 3 heterocycles. The van der Waals surface area contributed by atoms with Crippen LogP contribution in [0, 0.1) is 17.2 Å². The van der Waals surface area contributed by atoms with Crippen molar-refractivity contribution in [3.05, 3.63) is 89.5 Å². The van der Waals surface area contributed by atoms with Gasteiger partial charge in [-0.3, -0.25) is 19.2 Å². The fourth-order valence-electron chi connectivity index (χ4n) is 6.00. The van der Waals surface area contributed by atoms with Gasteiger partial charge in [-0.1, -0.05) is 56.3 Å². The molecule has 3 aliphatic rings. The maximum atomic E-state index is 14.0. The van der Waals surface area contributed by atoms with Gasteiger partial charge >= 0.3 is 0 Å². The Labute approximate surface area is 273 Å². The van der Waals surface area contributed by atoms with E-state index in [9.17, 15) is 29.5 Å². The number of likely N-dealkylation sites (tertiary alicyclic amines) is 1. The van der Waals surface area contributed by atoms with Gasteiger partial charge in [0.2, 0.25) is 17.7 Å². The molecule has 0 spiro atoms. The van der Waals surface area contributed by atoms with Gasteiger partial charge in [-0.15, -0.1) is 0 Å². The number of piperidine rings is 1. The third-order valence-corrected chi connectivity index (χ3v) is 8.88.